The zero-order chi connectivity index (χ0) is 17.1. The molecule has 0 aliphatic heterocycles. The summed E-state index contributed by atoms with van der Waals surface area (Å²) in [7, 11) is 0. The molecule has 24 heavy (non-hydrogen) atoms. The van der Waals surface area contributed by atoms with E-state index in [1.165, 1.54) is 6.07 Å². The average molecular weight is 343 g/mol. The standard InChI is InChI=1S/C18H14FNO3S/c1-11(17(21)22)24-18-20-15(13-9-5-6-10-14(13)19)16(23-18)12-7-3-2-4-8-12/h2-11H,1H3,(H,21,22). The van der Waals surface area contributed by atoms with Gasteiger partial charge in [0.05, 0.1) is 0 Å². The Kier molecular flexibility index (Phi) is 4.66. The van der Waals surface area contributed by atoms with Gasteiger partial charge in [-0.1, -0.05) is 54.2 Å². The number of aromatic nitrogens is 1. The first-order valence-corrected chi connectivity index (χ1v) is 8.15. The summed E-state index contributed by atoms with van der Waals surface area (Å²) in [5.41, 5.74) is 1.42. The van der Waals surface area contributed by atoms with E-state index in [0.29, 0.717) is 17.0 Å². The summed E-state index contributed by atoms with van der Waals surface area (Å²) >= 11 is 0.982. The van der Waals surface area contributed by atoms with Gasteiger partial charge in [-0.25, -0.2) is 9.37 Å². The van der Waals surface area contributed by atoms with Crippen molar-refractivity contribution in [3.63, 3.8) is 0 Å². The molecule has 0 aliphatic rings. The average Bonchev–Trinajstić information content (AvgIpc) is 2.99. The van der Waals surface area contributed by atoms with Crippen molar-refractivity contribution in [2.45, 2.75) is 17.4 Å². The van der Waals surface area contributed by atoms with Gasteiger partial charge < -0.3 is 9.52 Å². The van der Waals surface area contributed by atoms with Crippen molar-refractivity contribution in [2.75, 3.05) is 0 Å². The largest absolute Gasteiger partial charge is 0.480 e. The number of benzene rings is 2. The quantitative estimate of drug-likeness (QED) is 0.680. The Hall–Kier alpha value is -2.60. The molecule has 1 N–H and O–H groups in total. The number of nitrogens with zero attached hydrogens (tertiary/aromatic N) is 1. The molecule has 3 rings (SSSR count). The molecule has 0 aliphatic carbocycles. The third kappa shape index (κ3) is 3.33. The monoisotopic (exact) mass is 343 g/mol. The van der Waals surface area contributed by atoms with Crippen molar-refractivity contribution >= 4 is 17.7 Å². The molecule has 0 fully saturated rings. The number of rotatable bonds is 5. The summed E-state index contributed by atoms with van der Waals surface area (Å²) in [5.74, 6) is -0.960. The number of carboxylic acid groups (broad SMARTS) is 1. The topological polar surface area (TPSA) is 63.3 Å². The van der Waals surface area contributed by atoms with Crippen LogP contribution in [0, 0.1) is 5.82 Å². The molecule has 3 aromatic rings. The molecule has 122 valence electrons. The van der Waals surface area contributed by atoms with E-state index in [9.17, 15) is 9.18 Å². The minimum Gasteiger partial charge on any atom is -0.480 e. The van der Waals surface area contributed by atoms with Gasteiger partial charge in [0.15, 0.2) is 5.76 Å². The number of thioether (sulfide) groups is 1. The fraction of sp³-hybridized carbons (Fsp3) is 0.111. The lowest BCUT2D eigenvalue weighted by atomic mass is 10.1. The van der Waals surface area contributed by atoms with Crippen molar-refractivity contribution in [1.82, 2.24) is 4.98 Å². The number of carbonyl (C=O) groups is 1. The Labute approximate surface area is 142 Å². The number of hydrogen-bond acceptors (Lipinski definition) is 4. The Morgan fingerprint density at radius 3 is 2.50 bits per heavy atom. The van der Waals surface area contributed by atoms with Crippen molar-refractivity contribution < 1.29 is 18.7 Å². The molecule has 6 heteroatoms. The first-order chi connectivity index (χ1) is 11.6. The summed E-state index contributed by atoms with van der Waals surface area (Å²) < 4.78 is 19.9. The molecular formula is C18H14FNO3S. The lowest BCUT2D eigenvalue weighted by Gasteiger charge is -2.02. The van der Waals surface area contributed by atoms with Crippen molar-refractivity contribution in [3.8, 4) is 22.6 Å². The Bertz CT molecular complexity index is 864. The van der Waals surface area contributed by atoms with E-state index in [-0.39, 0.29) is 5.22 Å². The zero-order valence-corrected chi connectivity index (χ0v) is 13.6. The smallest absolute Gasteiger partial charge is 0.316 e. The number of aliphatic carboxylic acids is 1. The summed E-state index contributed by atoms with van der Waals surface area (Å²) in [5, 5.41) is 8.52. The summed E-state index contributed by atoms with van der Waals surface area (Å²) in [6.45, 7) is 1.54. The summed E-state index contributed by atoms with van der Waals surface area (Å²) in [4.78, 5) is 15.4. The third-order valence-electron chi connectivity index (χ3n) is 3.40. The van der Waals surface area contributed by atoms with Gasteiger partial charge in [-0.15, -0.1) is 0 Å². The lowest BCUT2D eigenvalue weighted by molar-refractivity contribution is -0.136. The molecule has 4 nitrogen and oxygen atoms in total. The second-order valence-corrected chi connectivity index (χ2v) is 6.39. The van der Waals surface area contributed by atoms with Crippen LogP contribution in [0.2, 0.25) is 0 Å². The maximum absolute atomic E-state index is 14.2. The normalized spacial score (nSPS) is 12.1. The van der Waals surface area contributed by atoms with Crippen LogP contribution in [0.4, 0.5) is 4.39 Å². The highest BCUT2D eigenvalue weighted by Crippen LogP contribution is 2.37. The van der Waals surface area contributed by atoms with Gasteiger partial charge in [0.2, 0.25) is 0 Å². The number of hydrogen-bond donors (Lipinski definition) is 1. The molecule has 0 saturated heterocycles. The van der Waals surface area contributed by atoms with Crippen molar-refractivity contribution in [3.05, 3.63) is 60.4 Å². The maximum atomic E-state index is 14.2. The van der Waals surface area contributed by atoms with Crippen LogP contribution in [0.25, 0.3) is 22.6 Å². The highest BCUT2D eigenvalue weighted by Gasteiger charge is 2.22. The molecule has 1 aromatic heterocycles. The fourth-order valence-corrected chi connectivity index (χ4v) is 2.85. The number of oxazole rings is 1. The fourth-order valence-electron chi connectivity index (χ4n) is 2.17. The zero-order valence-electron chi connectivity index (χ0n) is 12.8. The molecule has 1 atom stereocenters. The van der Waals surface area contributed by atoms with Crippen LogP contribution in [0.1, 0.15) is 6.92 Å². The van der Waals surface area contributed by atoms with Gasteiger partial charge in [-0.05, 0) is 19.1 Å². The van der Waals surface area contributed by atoms with Crippen LogP contribution in [0.5, 0.6) is 0 Å². The molecular weight excluding hydrogens is 329 g/mol. The molecule has 0 amide bonds. The van der Waals surface area contributed by atoms with Crippen molar-refractivity contribution in [2.24, 2.45) is 0 Å². The molecule has 2 aromatic carbocycles. The van der Waals surface area contributed by atoms with E-state index in [4.69, 9.17) is 9.52 Å². The molecule has 0 saturated carbocycles. The first kappa shape index (κ1) is 16.3. The summed E-state index contributed by atoms with van der Waals surface area (Å²) in [6.07, 6.45) is 0. The van der Waals surface area contributed by atoms with Gasteiger partial charge in [0, 0.05) is 11.1 Å². The van der Waals surface area contributed by atoms with E-state index < -0.39 is 17.0 Å². The molecule has 0 bridgehead atoms. The van der Waals surface area contributed by atoms with Crippen LogP contribution in [0.3, 0.4) is 0 Å². The SMILES string of the molecule is CC(Sc1nc(-c2ccccc2F)c(-c2ccccc2)o1)C(=O)O. The van der Waals surface area contributed by atoms with E-state index in [0.717, 1.165) is 17.3 Å². The number of carboxylic acids is 1. The molecule has 0 spiro atoms. The van der Waals surface area contributed by atoms with Gasteiger partial charge >= 0.3 is 5.97 Å². The van der Waals surface area contributed by atoms with E-state index in [1.54, 1.807) is 25.1 Å². The third-order valence-corrected chi connectivity index (χ3v) is 4.33. The van der Waals surface area contributed by atoms with Gasteiger partial charge in [-0.3, -0.25) is 4.79 Å². The van der Waals surface area contributed by atoms with Gasteiger partial charge in [0.1, 0.15) is 16.8 Å². The van der Waals surface area contributed by atoms with Gasteiger partial charge in [0.25, 0.3) is 5.22 Å². The highest BCUT2D eigenvalue weighted by atomic mass is 32.2. The van der Waals surface area contributed by atoms with Crippen LogP contribution < -0.4 is 0 Å². The van der Waals surface area contributed by atoms with Crippen molar-refractivity contribution in [1.29, 1.82) is 0 Å². The Morgan fingerprint density at radius 1 is 1.17 bits per heavy atom. The predicted octanol–water partition coefficient (Wildman–Crippen LogP) is 4.71. The molecule has 0 radical (unpaired) electrons. The second-order valence-electron chi connectivity index (χ2n) is 5.10. The van der Waals surface area contributed by atoms with E-state index >= 15 is 0 Å². The minimum atomic E-state index is -0.966. The lowest BCUT2D eigenvalue weighted by Crippen LogP contribution is -2.10. The Morgan fingerprint density at radius 2 is 1.83 bits per heavy atom. The highest BCUT2D eigenvalue weighted by molar-refractivity contribution is 8.00. The van der Waals surface area contributed by atoms with Gasteiger partial charge in [-0.2, -0.15) is 0 Å². The predicted molar refractivity (Wildman–Crippen MR) is 90.3 cm³/mol. The second kappa shape index (κ2) is 6.88. The van der Waals surface area contributed by atoms with Crippen LogP contribution in [0.15, 0.2) is 64.2 Å². The van der Waals surface area contributed by atoms with Crippen LogP contribution >= 0.6 is 11.8 Å². The minimum absolute atomic E-state index is 0.196. The molecule has 1 unspecified atom stereocenters. The Balaban J connectivity index is 2.10. The molecule has 1 heterocycles. The van der Waals surface area contributed by atoms with E-state index in [2.05, 4.69) is 4.98 Å². The van der Waals surface area contributed by atoms with E-state index in [1.807, 2.05) is 30.3 Å². The first-order valence-electron chi connectivity index (χ1n) is 7.27. The number of halogens is 1. The maximum Gasteiger partial charge on any atom is 0.316 e. The summed E-state index contributed by atoms with van der Waals surface area (Å²) in [6, 6.07) is 15.5. The van der Waals surface area contributed by atoms with Crippen LogP contribution in [-0.2, 0) is 4.79 Å². The van der Waals surface area contributed by atoms with Crippen LogP contribution in [-0.4, -0.2) is 21.3 Å².